The van der Waals surface area contributed by atoms with Crippen LogP contribution >= 0.6 is 0 Å². The molecule has 0 saturated carbocycles. The summed E-state index contributed by atoms with van der Waals surface area (Å²) >= 11 is 0. The Bertz CT molecular complexity index is 324. The van der Waals surface area contributed by atoms with Gasteiger partial charge in [0.2, 0.25) is 5.95 Å². The molecule has 0 aliphatic rings. The fraction of sp³-hybridized carbons (Fsp3) is 0. The van der Waals surface area contributed by atoms with Gasteiger partial charge < -0.3 is 5.73 Å². The van der Waals surface area contributed by atoms with E-state index in [1.807, 2.05) is 0 Å². The van der Waals surface area contributed by atoms with Crippen molar-refractivity contribution < 1.29 is 4.79 Å². The van der Waals surface area contributed by atoms with E-state index in [4.69, 9.17) is 5.73 Å². The Balaban J connectivity index is 2.54. The third-order valence-corrected chi connectivity index (χ3v) is 1.16. The largest absolute Gasteiger partial charge is 0.384 e. The van der Waals surface area contributed by atoms with Crippen molar-refractivity contribution in [3.63, 3.8) is 0 Å². The van der Waals surface area contributed by atoms with Crippen LogP contribution in [0.4, 0.5) is 11.8 Å². The molecule has 1 heterocycles. The molecular weight excluding hydrogens is 170 g/mol. The molecule has 0 radical (unpaired) electrons. The third kappa shape index (κ3) is 2.78. The number of hydrogen-bond donors (Lipinski definition) is 3. The van der Waals surface area contributed by atoms with Crippen LogP contribution in [0.5, 0.6) is 0 Å². The molecule has 6 heteroatoms. The topological polar surface area (TPSA) is 92.9 Å². The summed E-state index contributed by atoms with van der Waals surface area (Å²) < 4.78 is 0. The van der Waals surface area contributed by atoms with Gasteiger partial charge in [-0.1, -0.05) is 6.58 Å². The monoisotopic (exact) mass is 179 g/mol. The lowest BCUT2D eigenvalue weighted by Gasteiger charge is -2.03. The van der Waals surface area contributed by atoms with E-state index in [9.17, 15) is 4.79 Å². The summed E-state index contributed by atoms with van der Waals surface area (Å²) in [6.07, 6.45) is 2.60. The molecule has 6 nitrogen and oxygen atoms in total. The normalized spacial score (nSPS) is 8.92. The van der Waals surface area contributed by atoms with Crippen molar-refractivity contribution in [3.05, 3.63) is 24.9 Å². The summed E-state index contributed by atoms with van der Waals surface area (Å²) in [5.41, 5.74) is 10.1. The molecule has 4 N–H and O–H groups in total. The van der Waals surface area contributed by atoms with Crippen molar-refractivity contribution in [1.82, 2.24) is 15.4 Å². The highest BCUT2D eigenvalue weighted by Gasteiger charge is 1.96. The van der Waals surface area contributed by atoms with Crippen LogP contribution in [0.15, 0.2) is 24.9 Å². The predicted molar refractivity (Wildman–Crippen MR) is 48.4 cm³/mol. The summed E-state index contributed by atoms with van der Waals surface area (Å²) in [5, 5.41) is 0. The molecule has 13 heavy (non-hydrogen) atoms. The average Bonchev–Trinajstić information content (AvgIpc) is 2.14. The number of carbonyl (C=O) groups is 1. The molecule has 1 rings (SSSR count). The van der Waals surface area contributed by atoms with E-state index >= 15 is 0 Å². The van der Waals surface area contributed by atoms with Gasteiger partial charge in [0, 0.05) is 6.20 Å². The summed E-state index contributed by atoms with van der Waals surface area (Å²) in [5.74, 6) is 0.187. The van der Waals surface area contributed by atoms with E-state index in [1.165, 1.54) is 6.20 Å². The second-order valence-electron chi connectivity index (χ2n) is 2.12. The van der Waals surface area contributed by atoms with Gasteiger partial charge in [-0.05, 0) is 12.1 Å². The molecule has 0 saturated heterocycles. The number of carbonyl (C=O) groups excluding carboxylic acids is 1. The van der Waals surface area contributed by atoms with Crippen LogP contribution in [0.3, 0.4) is 0 Å². The number of aromatic nitrogens is 2. The maximum atomic E-state index is 10.7. The van der Waals surface area contributed by atoms with Gasteiger partial charge in [-0.3, -0.25) is 15.6 Å². The minimum atomic E-state index is -0.369. The molecule has 68 valence electrons. The van der Waals surface area contributed by atoms with Crippen molar-refractivity contribution in [2.24, 2.45) is 0 Å². The highest BCUT2D eigenvalue weighted by atomic mass is 16.2. The fourth-order valence-corrected chi connectivity index (χ4v) is 0.601. The lowest BCUT2D eigenvalue weighted by molar-refractivity contribution is -0.116. The Labute approximate surface area is 74.8 Å². The van der Waals surface area contributed by atoms with E-state index in [0.29, 0.717) is 5.82 Å². The molecule has 1 amide bonds. The van der Waals surface area contributed by atoms with Crippen LogP contribution in [0.1, 0.15) is 0 Å². The summed E-state index contributed by atoms with van der Waals surface area (Å²) in [4.78, 5) is 18.3. The van der Waals surface area contributed by atoms with Gasteiger partial charge in [-0.25, -0.2) is 4.98 Å². The summed E-state index contributed by atoms with van der Waals surface area (Å²) in [7, 11) is 0. The molecule has 0 aromatic carbocycles. The number of rotatable bonds is 3. The van der Waals surface area contributed by atoms with Crippen molar-refractivity contribution in [1.29, 1.82) is 0 Å². The quantitative estimate of drug-likeness (QED) is 0.437. The van der Waals surface area contributed by atoms with Crippen LogP contribution in [0, 0.1) is 0 Å². The van der Waals surface area contributed by atoms with Gasteiger partial charge in [-0.2, -0.15) is 4.98 Å². The Kier molecular flexibility index (Phi) is 2.80. The number of anilines is 2. The predicted octanol–water partition coefficient (Wildman–Crippen LogP) is -0.312. The zero-order chi connectivity index (χ0) is 9.68. The molecular formula is C7H9N5O. The van der Waals surface area contributed by atoms with Gasteiger partial charge in [0.05, 0.1) is 0 Å². The van der Waals surface area contributed by atoms with Crippen molar-refractivity contribution in [3.8, 4) is 0 Å². The van der Waals surface area contributed by atoms with E-state index in [0.717, 1.165) is 6.08 Å². The van der Waals surface area contributed by atoms with E-state index < -0.39 is 0 Å². The van der Waals surface area contributed by atoms with Gasteiger partial charge in [0.1, 0.15) is 5.82 Å². The van der Waals surface area contributed by atoms with Crippen LogP contribution in [-0.4, -0.2) is 15.9 Å². The third-order valence-electron chi connectivity index (χ3n) is 1.16. The number of nitrogens with zero attached hydrogens (tertiary/aromatic N) is 2. The number of nitrogen functional groups attached to an aromatic ring is 1. The van der Waals surface area contributed by atoms with E-state index in [2.05, 4.69) is 27.4 Å². The van der Waals surface area contributed by atoms with Crippen molar-refractivity contribution in [2.75, 3.05) is 11.2 Å². The first-order valence-corrected chi connectivity index (χ1v) is 3.49. The highest BCUT2D eigenvalue weighted by Crippen LogP contribution is 1.98. The van der Waals surface area contributed by atoms with Crippen LogP contribution in [0.2, 0.25) is 0 Å². The Hall–Kier alpha value is -2.11. The SMILES string of the molecule is C=CC(=O)NNc1nccc(N)n1. The number of amides is 1. The molecule has 0 unspecified atom stereocenters. The number of hydrogen-bond acceptors (Lipinski definition) is 5. The van der Waals surface area contributed by atoms with Crippen LogP contribution in [0.25, 0.3) is 0 Å². The zero-order valence-electron chi connectivity index (χ0n) is 6.82. The number of hydrazine groups is 1. The molecule has 0 bridgehead atoms. The molecule has 0 fully saturated rings. The van der Waals surface area contributed by atoms with Crippen LogP contribution < -0.4 is 16.6 Å². The Morgan fingerprint density at radius 2 is 2.46 bits per heavy atom. The van der Waals surface area contributed by atoms with E-state index in [1.54, 1.807) is 6.07 Å². The first-order valence-electron chi connectivity index (χ1n) is 3.49. The lowest BCUT2D eigenvalue weighted by Crippen LogP contribution is -2.28. The zero-order valence-corrected chi connectivity index (χ0v) is 6.82. The summed E-state index contributed by atoms with van der Waals surface area (Å²) in [6.45, 7) is 3.27. The smallest absolute Gasteiger partial charge is 0.261 e. The minimum Gasteiger partial charge on any atom is -0.384 e. The Morgan fingerprint density at radius 1 is 1.69 bits per heavy atom. The molecule has 1 aromatic rings. The maximum Gasteiger partial charge on any atom is 0.261 e. The second-order valence-corrected chi connectivity index (χ2v) is 2.12. The number of nitrogens with one attached hydrogen (secondary N) is 2. The van der Waals surface area contributed by atoms with Gasteiger partial charge in [0.15, 0.2) is 0 Å². The van der Waals surface area contributed by atoms with E-state index in [-0.39, 0.29) is 11.9 Å². The minimum absolute atomic E-state index is 0.232. The van der Waals surface area contributed by atoms with Crippen molar-refractivity contribution in [2.45, 2.75) is 0 Å². The maximum absolute atomic E-state index is 10.7. The van der Waals surface area contributed by atoms with Crippen LogP contribution in [-0.2, 0) is 4.79 Å². The highest BCUT2D eigenvalue weighted by molar-refractivity contribution is 5.87. The number of nitrogens with two attached hydrogens (primary N) is 1. The molecule has 0 aliphatic heterocycles. The van der Waals surface area contributed by atoms with Gasteiger partial charge >= 0.3 is 0 Å². The van der Waals surface area contributed by atoms with Crippen molar-refractivity contribution >= 4 is 17.7 Å². The molecule has 0 spiro atoms. The standard InChI is InChI=1S/C7H9N5O/c1-2-6(13)11-12-7-9-4-3-5(8)10-7/h2-4H,1H2,(H,11,13)(H3,8,9,10,12). The average molecular weight is 179 g/mol. The van der Waals surface area contributed by atoms with Gasteiger partial charge in [-0.15, -0.1) is 0 Å². The molecule has 1 aromatic heterocycles. The fourth-order valence-electron chi connectivity index (χ4n) is 0.601. The first kappa shape index (κ1) is 8.98. The first-order chi connectivity index (χ1) is 6.22. The summed E-state index contributed by atoms with van der Waals surface area (Å²) in [6, 6.07) is 1.54. The second kappa shape index (κ2) is 4.05. The molecule has 0 atom stereocenters. The lowest BCUT2D eigenvalue weighted by atomic mass is 10.6. The molecule has 0 aliphatic carbocycles. The Morgan fingerprint density at radius 3 is 3.08 bits per heavy atom. The van der Waals surface area contributed by atoms with Gasteiger partial charge in [0.25, 0.3) is 5.91 Å².